The SMILES string of the molecule is C=CCN(CC(=O)O)C(=O)CN1C(=O)CNC1=O. The number of hydrogen-bond donors (Lipinski definition) is 2. The number of urea groups is 1. The second-order valence-corrected chi connectivity index (χ2v) is 3.60. The van der Waals surface area contributed by atoms with Crippen molar-refractivity contribution in [1.29, 1.82) is 0 Å². The van der Waals surface area contributed by atoms with Crippen LogP contribution >= 0.6 is 0 Å². The summed E-state index contributed by atoms with van der Waals surface area (Å²) in [5, 5.41) is 10.9. The number of carbonyl (C=O) groups excluding carboxylic acids is 3. The first-order valence-electron chi connectivity index (χ1n) is 5.14. The lowest BCUT2D eigenvalue weighted by atomic mass is 10.4. The van der Waals surface area contributed by atoms with Gasteiger partial charge in [0.1, 0.15) is 13.1 Å². The van der Waals surface area contributed by atoms with Gasteiger partial charge >= 0.3 is 12.0 Å². The molecule has 0 aromatic rings. The molecule has 0 aliphatic carbocycles. The van der Waals surface area contributed by atoms with E-state index in [4.69, 9.17) is 5.11 Å². The lowest BCUT2D eigenvalue weighted by Crippen LogP contribution is -2.44. The van der Waals surface area contributed by atoms with E-state index < -0.39 is 36.9 Å². The van der Waals surface area contributed by atoms with E-state index in [1.54, 1.807) is 0 Å². The lowest BCUT2D eigenvalue weighted by molar-refractivity contribution is -0.144. The van der Waals surface area contributed by atoms with Gasteiger partial charge in [-0.25, -0.2) is 4.79 Å². The highest BCUT2D eigenvalue weighted by Gasteiger charge is 2.31. The molecule has 1 aliphatic heterocycles. The Labute approximate surface area is 103 Å². The topological polar surface area (TPSA) is 107 Å². The van der Waals surface area contributed by atoms with Crippen molar-refractivity contribution in [3.63, 3.8) is 0 Å². The standard InChI is InChI=1S/C10H13N3O5/c1-2-3-12(6-9(16)17)8(15)5-13-7(14)4-11-10(13)18/h2H,1,3-6H2,(H,11,18)(H,16,17). The fourth-order valence-electron chi connectivity index (χ4n) is 1.42. The van der Waals surface area contributed by atoms with Gasteiger partial charge in [0.2, 0.25) is 5.91 Å². The molecule has 1 aliphatic rings. The average molecular weight is 255 g/mol. The molecule has 1 rings (SSSR count). The third-order valence-electron chi connectivity index (χ3n) is 2.26. The van der Waals surface area contributed by atoms with E-state index in [1.165, 1.54) is 6.08 Å². The fraction of sp³-hybridized carbons (Fsp3) is 0.400. The van der Waals surface area contributed by atoms with Crippen LogP contribution < -0.4 is 5.32 Å². The summed E-state index contributed by atoms with van der Waals surface area (Å²) >= 11 is 0. The van der Waals surface area contributed by atoms with E-state index in [-0.39, 0.29) is 13.1 Å². The van der Waals surface area contributed by atoms with Crippen LogP contribution in [0.2, 0.25) is 0 Å². The number of carboxylic acid groups (broad SMARTS) is 1. The Hall–Kier alpha value is -2.38. The van der Waals surface area contributed by atoms with Crippen molar-refractivity contribution >= 4 is 23.8 Å². The molecule has 8 nitrogen and oxygen atoms in total. The first-order chi connectivity index (χ1) is 8.45. The second kappa shape index (κ2) is 5.80. The summed E-state index contributed by atoms with van der Waals surface area (Å²) in [5.74, 6) is -2.31. The molecule has 0 bridgehead atoms. The van der Waals surface area contributed by atoms with E-state index in [1.807, 2.05) is 0 Å². The van der Waals surface area contributed by atoms with Crippen LogP contribution in [-0.4, -0.2) is 64.9 Å². The van der Waals surface area contributed by atoms with Crippen LogP contribution in [-0.2, 0) is 14.4 Å². The van der Waals surface area contributed by atoms with Crippen molar-refractivity contribution in [3.05, 3.63) is 12.7 Å². The summed E-state index contributed by atoms with van der Waals surface area (Å²) in [4.78, 5) is 46.5. The number of aliphatic carboxylic acids is 1. The zero-order chi connectivity index (χ0) is 13.7. The van der Waals surface area contributed by atoms with Gasteiger partial charge in [0.25, 0.3) is 5.91 Å². The maximum absolute atomic E-state index is 11.8. The largest absolute Gasteiger partial charge is 0.480 e. The van der Waals surface area contributed by atoms with Gasteiger partial charge in [-0.3, -0.25) is 19.3 Å². The van der Waals surface area contributed by atoms with Crippen molar-refractivity contribution in [2.75, 3.05) is 26.2 Å². The molecule has 0 radical (unpaired) electrons. The highest BCUT2D eigenvalue weighted by atomic mass is 16.4. The monoisotopic (exact) mass is 255 g/mol. The van der Waals surface area contributed by atoms with E-state index in [0.29, 0.717) is 0 Å². The zero-order valence-corrected chi connectivity index (χ0v) is 9.59. The molecular weight excluding hydrogens is 242 g/mol. The molecule has 0 aromatic heterocycles. The number of nitrogens with zero attached hydrogens (tertiary/aromatic N) is 2. The summed E-state index contributed by atoms with van der Waals surface area (Å²) in [6.07, 6.45) is 1.37. The Morgan fingerprint density at radius 2 is 2.17 bits per heavy atom. The van der Waals surface area contributed by atoms with Crippen LogP contribution in [0.15, 0.2) is 12.7 Å². The van der Waals surface area contributed by atoms with Gasteiger partial charge in [-0.05, 0) is 0 Å². The van der Waals surface area contributed by atoms with Crippen LogP contribution in [0, 0.1) is 0 Å². The maximum atomic E-state index is 11.8. The van der Waals surface area contributed by atoms with E-state index in [0.717, 1.165) is 9.80 Å². The molecule has 1 heterocycles. The molecule has 1 fully saturated rings. The van der Waals surface area contributed by atoms with Gasteiger partial charge < -0.3 is 15.3 Å². The number of hydrogen-bond acceptors (Lipinski definition) is 4. The Kier molecular flexibility index (Phi) is 4.41. The summed E-state index contributed by atoms with van der Waals surface area (Å²) in [6.45, 7) is 2.32. The third-order valence-corrected chi connectivity index (χ3v) is 2.26. The molecule has 4 amide bonds. The lowest BCUT2D eigenvalue weighted by Gasteiger charge is -2.21. The molecule has 0 spiro atoms. The highest BCUT2D eigenvalue weighted by molar-refractivity contribution is 6.04. The first kappa shape index (κ1) is 13.7. The predicted octanol–water partition coefficient (Wildman–Crippen LogP) is -1.36. The van der Waals surface area contributed by atoms with Crippen LogP contribution in [0.25, 0.3) is 0 Å². The molecule has 0 saturated carbocycles. The van der Waals surface area contributed by atoms with Crippen molar-refractivity contribution < 1.29 is 24.3 Å². The first-order valence-corrected chi connectivity index (χ1v) is 5.14. The Balaban J connectivity index is 2.65. The molecule has 0 unspecified atom stereocenters. The molecule has 0 atom stereocenters. The second-order valence-electron chi connectivity index (χ2n) is 3.60. The number of carbonyl (C=O) groups is 4. The van der Waals surface area contributed by atoms with Crippen molar-refractivity contribution in [2.24, 2.45) is 0 Å². The van der Waals surface area contributed by atoms with Crippen LogP contribution in [0.4, 0.5) is 4.79 Å². The number of carboxylic acids is 1. The maximum Gasteiger partial charge on any atom is 0.325 e. The summed E-state index contributed by atoms with van der Waals surface area (Å²) in [6, 6.07) is -0.651. The zero-order valence-electron chi connectivity index (χ0n) is 9.59. The predicted molar refractivity (Wildman–Crippen MR) is 59.5 cm³/mol. The van der Waals surface area contributed by atoms with Crippen LogP contribution in [0.1, 0.15) is 0 Å². The van der Waals surface area contributed by atoms with Crippen molar-refractivity contribution in [1.82, 2.24) is 15.1 Å². The summed E-state index contributed by atoms with van der Waals surface area (Å²) < 4.78 is 0. The fourth-order valence-corrected chi connectivity index (χ4v) is 1.42. The van der Waals surface area contributed by atoms with Gasteiger partial charge in [-0.1, -0.05) is 6.08 Å². The molecule has 18 heavy (non-hydrogen) atoms. The Morgan fingerprint density at radius 1 is 1.50 bits per heavy atom. The number of imide groups is 1. The molecular formula is C10H13N3O5. The van der Waals surface area contributed by atoms with Gasteiger partial charge in [-0.15, -0.1) is 6.58 Å². The van der Waals surface area contributed by atoms with E-state index in [9.17, 15) is 19.2 Å². The number of nitrogens with one attached hydrogen (secondary N) is 1. The van der Waals surface area contributed by atoms with Crippen molar-refractivity contribution in [2.45, 2.75) is 0 Å². The minimum absolute atomic E-state index is 0.0365. The molecule has 8 heteroatoms. The van der Waals surface area contributed by atoms with E-state index in [2.05, 4.69) is 11.9 Å². The summed E-state index contributed by atoms with van der Waals surface area (Å²) in [7, 11) is 0. The smallest absolute Gasteiger partial charge is 0.325 e. The number of amides is 4. The molecule has 0 aromatic carbocycles. The van der Waals surface area contributed by atoms with Crippen molar-refractivity contribution in [3.8, 4) is 0 Å². The number of rotatable bonds is 6. The minimum Gasteiger partial charge on any atom is -0.480 e. The summed E-state index contributed by atoms with van der Waals surface area (Å²) in [5.41, 5.74) is 0. The third kappa shape index (κ3) is 3.30. The Morgan fingerprint density at radius 3 is 2.61 bits per heavy atom. The van der Waals surface area contributed by atoms with Gasteiger partial charge in [0, 0.05) is 6.54 Å². The van der Waals surface area contributed by atoms with Gasteiger partial charge in [-0.2, -0.15) is 0 Å². The normalized spacial score (nSPS) is 14.3. The Bertz CT molecular complexity index is 390. The molecule has 98 valence electrons. The van der Waals surface area contributed by atoms with Gasteiger partial charge in [0.15, 0.2) is 0 Å². The van der Waals surface area contributed by atoms with Crippen LogP contribution in [0.5, 0.6) is 0 Å². The highest BCUT2D eigenvalue weighted by Crippen LogP contribution is 2.01. The van der Waals surface area contributed by atoms with Gasteiger partial charge in [0.05, 0.1) is 6.54 Å². The molecule has 1 saturated heterocycles. The van der Waals surface area contributed by atoms with E-state index >= 15 is 0 Å². The molecule has 2 N–H and O–H groups in total. The minimum atomic E-state index is -1.18. The van der Waals surface area contributed by atoms with Crippen LogP contribution in [0.3, 0.4) is 0 Å². The quantitative estimate of drug-likeness (QED) is 0.450. The average Bonchev–Trinajstić information content (AvgIpc) is 2.59.